The molecule has 4 heteroatoms. The normalized spacial score (nSPS) is 41.7. The van der Waals surface area contributed by atoms with E-state index in [9.17, 15) is 8.78 Å². The third kappa shape index (κ3) is 1.27. The minimum absolute atomic E-state index is 0.0110. The van der Waals surface area contributed by atoms with E-state index in [1.165, 1.54) is 0 Å². The van der Waals surface area contributed by atoms with Crippen molar-refractivity contribution in [3.8, 4) is 0 Å². The summed E-state index contributed by atoms with van der Waals surface area (Å²) in [5.74, 6) is 0. The fraction of sp³-hybridized carbons (Fsp3) is 1.00. The standard InChI is InChI=1S/C6H11F2NO/c7-5-3-9-2-1-6(5,8)4-10/h5,9-10H,1-4H2. The van der Waals surface area contributed by atoms with Crippen LogP contribution >= 0.6 is 0 Å². The molecular formula is C6H11F2NO. The summed E-state index contributed by atoms with van der Waals surface area (Å²) in [7, 11) is 0. The van der Waals surface area contributed by atoms with E-state index in [2.05, 4.69) is 5.32 Å². The highest BCUT2D eigenvalue weighted by atomic mass is 19.2. The van der Waals surface area contributed by atoms with Crippen molar-refractivity contribution in [2.75, 3.05) is 19.7 Å². The molecule has 0 aromatic rings. The predicted octanol–water partition coefficient (Wildman–Crippen LogP) is 0.0184. The van der Waals surface area contributed by atoms with Gasteiger partial charge in [0.15, 0.2) is 5.67 Å². The van der Waals surface area contributed by atoms with Gasteiger partial charge in [0, 0.05) is 6.54 Å². The number of piperidine rings is 1. The molecule has 1 heterocycles. The molecule has 2 N–H and O–H groups in total. The highest BCUT2D eigenvalue weighted by Gasteiger charge is 2.40. The zero-order valence-corrected chi connectivity index (χ0v) is 5.61. The SMILES string of the molecule is OCC1(F)CCNCC1F. The number of aliphatic hydroxyl groups is 1. The van der Waals surface area contributed by atoms with Crippen molar-refractivity contribution < 1.29 is 13.9 Å². The quantitative estimate of drug-likeness (QED) is 0.553. The molecule has 1 rings (SSSR count). The maximum atomic E-state index is 13.0. The summed E-state index contributed by atoms with van der Waals surface area (Å²) in [6.07, 6.45) is -1.50. The topological polar surface area (TPSA) is 32.3 Å². The first-order valence-corrected chi connectivity index (χ1v) is 3.33. The van der Waals surface area contributed by atoms with E-state index in [1.54, 1.807) is 0 Å². The second kappa shape index (κ2) is 2.80. The second-order valence-electron chi connectivity index (χ2n) is 2.61. The Balaban J connectivity index is 2.54. The Labute approximate surface area is 58.2 Å². The molecule has 1 aliphatic rings. The van der Waals surface area contributed by atoms with Crippen molar-refractivity contribution in [2.24, 2.45) is 0 Å². The number of alkyl halides is 2. The second-order valence-corrected chi connectivity index (χ2v) is 2.61. The number of rotatable bonds is 1. The van der Waals surface area contributed by atoms with Gasteiger partial charge in [0.2, 0.25) is 0 Å². The summed E-state index contributed by atoms with van der Waals surface area (Å²) < 4.78 is 25.7. The molecule has 0 spiro atoms. The van der Waals surface area contributed by atoms with Gasteiger partial charge in [-0.3, -0.25) is 0 Å². The van der Waals surface area contributed by atoms with Crippen LogP contribution in [0.1, 0.15) is 6.42 Å². The average Bonchev–Trinajstić information content (AvgIpc) is 1.96. The van der Waals surface area contributed by atoms with Gasteiger partial charge in [-0.15, -0.1) is 0 Å². The first-order chi connectivity index (χ1) is 4.69. The van der Waals surface area contributed by atoms with Crippen molar-refractivity contribution in [1.82, 2.24) is 5.32 Å². The molecule has 1 saturated heterocycles. The van der Waals surface area contributed by atoms with Crippen LogP contribution < -0.4 is 5.32 Å². The van der Waals surface area contributed by atoms with Crippen molar-refractivity contribution >= 4 is 0 Å². The van der Waals surface area contributed by atoms with Crippen LogP contribution in [-0.2, 0) is 0 Å². The van der Waals surface area contributed by atoms with Crippen LogP contribution in [0.4, 0.5) is 8.78 Å². The first-order valence-electron chi connectivity index (χ1n) is 3.33. The smallest absolute Gasteiger partial charge is 0.167 e. The molecule has 1 aliphatic heterocycles. The molecule has 0 amide bonds. The number of nitrogens with one attached hydrogen (secondary N) is 1. The highest BCUT2D eigenvalue weighted by Crippen LogP contribution is 2.24. The Hall–Kier alpha value is -0.220. The van der Waals surface area contributed by atoms with Gasteiger partial charge < -0.3 is 10.4 Å². The lowest BCUT2D eigenvalue weighted by Crippen LogP contribution is -2.51. The molecule has 2 nitrogen and oxygen atoms in total. The van der Waals surface area contributed by atoms with Gasteiger partial charge in [0.05, 0.1) is 6.61 Å². The van der Waals surface area contributed by atoms with E-state index in [4.69, 9.17) is 5.11 Å². The molecule has 10 heavy (non-hydrogen) atoms. The molecular weight excluding hydrogens is 140 g/mol. The van der Waals surface area contributed by atoms with Crippen LogP contribution in [0, 0.1) is 0 Å². The Kier molecular flexibility index (Phi) is 2.21. The molecule has 0 aromatic heterocycles. The molecule has 2 unspecified atom stereocenters. The third-order valence-corrected chi connectivity index (χ3v) is 1.87. The zero-order valence-electron chi connectivity index (χ0n) is 5.61. The molecule has 0 aliphatic carbocycles. The Morgan fingerprint density at radius 3 is 2.80 bits per heavy atom. The van der Waals surface area contributed by atoms with Crippen LogP contribution in [0.25, 0.3) is 0 Å². The van der Waals surface area contributed by atoms with E-state index in [0.29, 0.717) is 6.54 Å². The highest BCUT2D eigenvalue weighted by molar-refractivity contribution is 4.92. The summed E-state index contributed by atoms with van der Waals surface area (Å²) >= 11 is 0. The fourth-order valence-electron chi connectivity index (χ4n) is 1.04. The lowest BCUT2D eigenvalue weighted by molar-refractivity contribution is -0.0230. The number of hydrogen-bond acceptors (Lipinski definition) is 2. The van der Waals surface area contributed by atoms with Gasteiger partial charge in [0.25, 0.3) is 0 Å². The van der Waals surface area contributed by atoms with Gasteiger partial charge in [-0.1, -0.05) is 0 Å². The predicted molar refractivity (Wildman–Crippen MR) is 33.3 cm³/mol. The van der Waals surface area contributed by atoms with E-state index < -0.39 is 18.4 Å². The van der Waals surface area contributed by atoms with Gasteiger partial charge in [0.1, 0.15) is 6.17 Å². The summed E-state index contributed by atoms with van der Waals surface area (Å²) in [6.45, 7) is -0.260. The maximum Gasteiger partial charge on any atom is 0.167 e. The molecule has 60 valence electrons. The zero-order chi connectivity index (χ0) is 7.61. The molecule has 2 atom stereocenters. The van der Waals surface area contributed by atoms with Gasteiger partial charge in [-0.05, 0) is 13.0 Å². The average molecular weight is 151 g/mol. The van der Waals surface area contributed by atoms with Gasteiger partial charge >= 0.3 is 0 Å². The van der Waals surface area contributed by atoms with Gasteiger partial charge in [-0.25, -0.2) is 8.78 Å². The summed E-state index contributed by atoms with van der Waals surface area (Å²) in [5.41, 5.74) is -1.99. The van der Waals surface area contributed by atoms with E-state index in [0.717, 1.165) is 0 Å². The molecule has 0 radical (unpaired) electrons. The van der Waals surface area contributed by atoms with Crippen molar-refractivity contribution in [3.63, 3.8) is 0 Å². The molecule has 0 bridgehead atoms. The maximum absolute atomic E-state index is 13.0. The first kappa shape index (κ1) is 7.88. The molecule has 0 aromatic carbocycles. The third-order valence-electron chi connectivity index (χ3n) is 1.87. The summed E-state index contributed by atoms with van der Waals surface area (Å²) in [6, 6.07) is 0. The van der Waals surface area contributed by atoms with Crippen LogP contribution in [-0.4, -0.2) is 36.6 Å². The number of hydrogen-bond donors (Lipinski definition) is 2. The lowest BCUT2D eigenvalue weighted by Gasteiger charge is -2.31. The van der Waals surface area contributed by atoms with E-state index in [-0.39, 0.29) is 13.0 Å². The number of aliphatic hydroxyl groups excluding tert-OH is 1. The van der Waals surface area contributed by atoms with Crippen LogP contribution in [0.5, 0.6) is 0 Å². The largest absolute Gasteiger partial charge is 0.393 e. The van der Waals surface area contributed by atoms with Crippen molar-refractivity contribution in [1.29, 1.82) is 0 Å². The fourth-order valence-corrected chi connectivity index (χ4v) is 1.04. The minimum Gasteiger partial charge on any atom is -0.393 e. The van der Waals surface area contributed by atoms with Gasteiger partial charge in [-0.2, -0.15) is 0 Å². The van der Waals surface area contributed by atoms with E-state index >= 15 is 0 Å². The van der Waals surface area contributed by atoms with Crippen molar-refractivity contribution in [3.05, 3.63) is 0 Å². The summed E-state index contributed by atoms with van der Waals surface area (Å²) in [5, 5.41) is 11.2. The van der Waals surface area contributed by atoms with Crippen LogP contribution in [0.15, 0.2) is 0 Å². The Bertz CT molecular complexity index is 122. The minimum atomic E-state index is -1.99. The Morgan fingerprint density at radius 1 is 1.70 bits per heavy atom. The van der Waals surface area contributed by atoms with E-state index in [1.807, 2.05) is 0 Å². The lowest BCUT2D eigenvalue weighted by atomic mass is 9.94. The summed E-state index contributed by atoms with van der Waals surface area (Å²) in [4.78, 5) is 0. The number of halogens is 2. The Morgan fingerprint density at radius 2 is 2.40 bits per heavy atom. The molecule has 0 saturated carbocycles. The van der Waals surface area contributed by atoms with Crippen LogP contribution in [0.2, 0.25) is 0 Å². The van der Waals surface area contributed by atoms with Crippen LogP contribution in [0.3, 0.4) is 0 Å². The monoisotopic (exact) mass is 151 g/mol. The molecule has 1 fully saturated rings. The van der Waals surface area contributed by atoms with Crippen molar-refractivity contribution in [2.45, 2.75) is 18.3 Å².